The Balaban J connectivity index is 0.977. The first-order valence-electron chi connectivity index (χ1n) is 19.8. The number of imidazole rings is 1. The van der Waals surface area contributed by atoms with Crippen LogP contribution in [-0.2, 0) is 42.5 Å². The molecule has 0 bridgehead atoms. The van der Waals surface area contributed by atoms with Crippen LogP contribution in [-0.4, -0.2) is 93.9 Å². The number of nitrogens with zero attached hydrogens (tertiary/aromatic N) is 6. The van der Waals surface area contributed by atoms with Gasteiger partial charge in [0, 0.05) is 87.4 Å². The lowest BCUT2D eigenvalue weighted by atomic mass is 9.81. The van der Waals surface area contributed by atoms with Gasteiger partial charge in [-0.1, -0.05) is 48.0 Å². The average Bonchev–Trinajstić information content (AvgIpc) is 3.91. The van der Waals surface area contributed by atoms with E-state index in [0.717, 1.165) is 115 Å². The summed E-state index contributed by atoms with van der Waals surface area (Å²) in [6.07, 6.45) is 5.92. The van der Waals surface area contributed by atoms with E-state index in [-0.39, 0.29) is 23.9 Å². The number of anilines is 1. The summed E-state index contributed by atoms with van der Waals surface area (Å²) < 4.78 is 13.0. The van der Waals surface area contributed by atoms with E-state index in [0.29, 0.717) is 55.3 Å². The van der Waals surface area contributed by atoms with Crippen LogP contribution >= 0.6 is 11.6 Å². The van der Waals surface area contributed by atoms with Crippen LogP contribution in [0.5, 0.6) is 5.88 Å². The van der Waals surface area contributed by atoms with Crippen LogP contribution in [0.15, 0.2) is 48.5 Å². The number of pyridine rings is 1. The van der Waals surface area contributed by atoms with Crippen molar-refractivity contribution < 1.29 is 24.2 Å². The predicted molar refractivity (Wildman–Crippen MR) is 212 cm³/mol. The average molecular weight is 767 g/mol. The summed E-state index contributed by atoms with van der Waals surface area (Å²) in [7, 11) is 3.60. The van der Waals surface area contributed by atoms with E-state index in [2.05, 4.69) is 15.9 Å². The monoisotopic (exact) mass is 766 g/mol. The van der Waals surface area contributed by atoms with Gasteiger partial charge in [-0.05, 0) is 74.6 Å². The van der Waals surface area contributed by atoms with Crippen LogP contribution in [0.3, 0.4) is 0 Å². The van der Waals surface area contributed by atoms with Crippen LogP contribution in [0.1, 0.15) is 72.2 Å². The minimum Gasteiger partial charge on any atom is -0.481 e. The molecule has 11 nitrogen and oxygen atoms in total. The highest BCUT2D eigenvalue weighted by atomic mass is 35.5. The molecule has 55 heavy (non-hydrogen) atoms. The number of carbonyl (C=O) groups excluding carboxylic acids is 2. The number of benzene rings is 2. The highest BCUT2D eigenvalue weighted by molar-refractivity contribution is 6.36. The number of aliphatic hydroxyl groups excluding tert-OH is 1. The number of hydrogen-bond donors (Lipinski definition) is 1. The maximum Gasteiger partial charge on any atom is 0.308 e. The van der Waals surface area contributed by atoms with Gasteiger partial charge in [-0.2, -0.15) is 0 Å². The van der Waals surface area contributed by atoms with Crippen LogP contribution in [0.25, 0.3) is 22.4 Å². The highest BCUT2D eigenvalue weighted by Gasteiger charge is 2.34. The minimum absolute atomic E-state index is 0.0371. The van der Waals surface area contributed by atoms with Crippen molar-refractivity contribution in [2.75, 3.05) is 51.3 Å². The zero-order valence-electron chi connectivity index (χ0n) is 32.1. The number of amides is 1. The quantitative estimate of drug-likeness (QED) is 0.186. The number of aliphatic hydroxyl groups is 1. The standard InChI is InChI=1S/C43H51ClN6O5/c1-4-55-43(53)28-13-11-27(12-14-28)23-48-21-19-38-36(26-48)45-40(47(38)2)42(52)50-22-18-32-31(7-6-10-37(32)50)33-8-5-9-34(39(33)44)35-16-15-29(41(46-35)54-3)24-49-20-17-30(51)25-49/h5-10,15-16,27-28,30,51H,4,11-14,17-26H2,1-3H3/t27?,28?,30-/m1/s1. The Morgan fingerprint density at radius 1 is 0.909 bits per heavy atom. The summed E-state index contributed by atoms with van der Waals surface area (Å²) in [6, 6.07) is 16.1. The first kappa shape index (κ1) is 37.6. The number of halogens is 1. The molecule has 8 rings (SSSR count). The Labute approximate surface area is 328 Å². The fourth-order valence-electron chi connectivity index (χ4n) is 9.20. The molecule has 0 spiro atoms. The number of esters is 1. The lowest BCUT2D eigenvalue weighted by molar-refractivity contribution is -0.149. The largest absolute Gasteiger partial charge is 0.481 e. The van der Waals surface area contributed by atoms with Crippen molar-refractivity contribution >= 4 is 29.2 Å². The van der Waals surface area contributed by atoms with Crippen molar-refractivity contribution in [3.8, 4) is 28.3 Å². The van der Waals surface area contributed by atoms with Crippen molar-refractivity contribution in [1.29, 1.82) is 0 Å². The van der Waals surface area contributed by atoms with Crippen molar-refractivity contribution in [3.05, 3.63) is 81.9 Å². The number of hydrogen-bond acceptors (Lipinski definition) is 9. The second-order valence-corrected chi connectivity index (χ2v) is 15.9. The zero-order valence-corrected chi connectivity index (χ0v) is 32.9. The molecule has 1 atom stereocenters. The Morgan fingerprint density at radius 3 is 2.45 bits per heavy atom. The maximum absolute atomic E-state index is 14.3. The van der Waals surface area contributed by atoms with E-state index in [4.69, 9.17) is 31.0 Å². The number of methoxy groups -OCH3 is 1. The van der Waals surface area contributed by atoms with E-state index in [1.807, 2.05) is 65.9 Å². The van der Waals surface area contributed by atoms with Crippen LogP contribution in [0, 0.1) is 11.8 Å². The van der Waals surface area contributed by atoms with Gasteiger partial charge in [0.05, 0.1) is 42.1 Å². The van der Waals surface area contributed by atoms with Gasteiger partial charge >= 0.3 is 5.97 Å². The molecule has 290 valence electrons. The summed E-state index contributed by atoms with van der Waals surface area (Å²) in [5.41, 5.74) is 8.49. The number of rotatable bonds is 10. The molecule has 5 heterocycles. The maximum atomic E-state index is 14.3. The zero-order chi connectivity index (χ0) is 38.2. The van der Waals surface area contributed by atoms with Gasteiger partial charge in [-0.3, -0.25) is 19.4 Å². The summed E-state index contributed by atoms with van der Waals surface area (Å²) in [4.78, 5) is 42.9. The fourth-order valence-corrected chi connectivity index (χ4v) is 9.53. The van der Waals surface area contributed by atoms with Gasteiger partial charge in [0.2, 0.25) is 5.88 Å². The molecule has 12 heteroatoms. The smallest absolute Gasteiger partial charge is 0.308 e. The van der Waals surface area contributed by atoms with Gasteiger partial charge in [0.25, 0.3) is 5.91 Å². The number of carbonyl (C=O) groups is 2. The van der Waals surface area contributed by atoms with Gasteiger partial charge < -0.3 is 24.0 Å². The number of likely N-dealkylation sites (tertiary alicyclic amines) is 1. The number of fused-ring (bicyclic) bond motifs is 2. The Morgan fingerprint density at radius 2 is 1.69 bits per heavy atom. The van der Waals surface area contributed by atoms with Crippen molar-refractivity contribution in [3.63, 3.8) is 0 Å². The number of aromatic nitrogens is 3. The summed E-state index contributed by atoms with van der Waals surface area (Å²) >= 11 is 7.21. The summed E-state index contributed by atoms with van der Waals surface area (Å²) in [5.74, 6) is 1.49. The first-order valence-corrected chi connectivity index (χ1v) is 20.2. The Bertz CT molecular complexity index is 2080. The third-order valence-electron chi connectivity index (χ3n) is 12.1. The molecule has 2 aromatic carbocycles. The molecule has 1 amide bonds. The molecule has 1 saturated heterocycles. The second kappa shape index (κ2) is 16.1. The fraction of sp³-hybridized carbons (Fsp3) is 0.488. The highest BCUT2D eigenvalue weighted by Crippen LogP contribution is 2.43. The van der Waals surface area contributed by atoms with Gasteiger partial charge in [0.15, 0.2) is 5.82 Å². The normalized spacial score (nSPS) is 21.4. The Kier molecular flexibility index (Phi) is 11.0. The molecule has 1 aliphatic carbocycles. The molecule has 0 radical (unpaired) electrons. The van der Waals surface area contributed by atoms with E-state index < -0.39 is 0 Å². The summed E-state index contributed by atoms with van der Waals surface area (Å²) in [5, 5.41) is 10.6. The van der Waals surface area contributed by atoms with E-state index in [9.17, 15) is 14.7 Å². The summed E-state index contributed by atoms with van der Waals surface area (Å²) in [6.45, 7) is 7.68. The second-order valence-electron chi connectivity index (χ2n) is 15.6. The van der Waals surface area contributed by atoms with Crippen molar-refractivity contribution in [2.45, 2.75) is 71.1 Å². The van der Waals surface area contributed by atoms with Crippen molar-refractivity contribution in [1.82, 2.24) is 24.3 Å². The topological polar surface area (TPSA) is 113 Å². The first-order chi connectivity index (χ1) is 26.7. The minimum atomic E-state index is -0.288. The third-order valence-corrected chi connectivity index (χ3v) is 12.5. The van der Waals surface area contributed by atoms with E-state index in [1.165, 1.54) is 0 Å². The molecule has 4 aliphatic rings. The van der Waals surface area contributed by atoms with E-state index >= 15 is 0 Å². The molecule has 4 aromatic rings. The van der Waals surface area contributed by atoms with Gasteiger partial charge in [-0.25, -0.2) is 9.97 Å². The molecule has 2 fully saturated rings. The number of ether oxygens (including phenoxy) is 2. The van der Waals surface area contributed by atoms with Crippen LogP contribution < -0.4 is 9.64 Å². The van der Waals surface area contributed by atoms with Crippen LogP contribution in [0.4, 0.5) is 5.69 Å². The molecule has 0 unspecified atom stereocenters. The molecular formula is C43H51ClN6O5. The van der Waals surface area contributed by atoms with Crippen LogP contribution in [0.2, 0.25) is 5.02 Å². The lowest BCUT2D eigenvalue weighted by Crippen LogP contribution is -2.36. The molecule has 1 N–H and O–H groups in total. The Hall–Kier alpha value is -4.29. The van der Waals surface area contributed by atoms with Gasteiger partial charge in [0.1, 0.15) is 0 Å². The molecular weight excluding hydrogens is 716 g/mol. The number of β-amino-alcohol motifs (C(OH)–C–C–N with tert-alkyl or cyclic N) is 1. The van der Waals surface area contributed by atoms with Crippen molar-refractivity contribution in [2.24, 2.45) is 18.9 Å². The van der Waals surface area contributed by atoms with E-state index in [1.54, 1.807) is 7.11 Å². The SMILES string of the molecule is CCOC(=O)C1CCC(CN2CCc3c(nc(C(=O)N4CCc5c(-c6cccc(-c7ccc(CN8CC[C@@H](O)C8)c(OC)n7)c6Cl)cccc54)n3C)C2)CC1. The molecule has 3 aliphatic heterocycles. The van der Waals surface area contributed by atoms with Gasteiger partial charge in [-0.15, -0.1) is 0 Å². The molecule has 1 saturated carbocycles. The molecule has 2 aromatic heterocycles. The predicted octanol–water partition coefficient (Wildman–Crippen LogP) is 6.31. The lowest BCUT2D eigenvalue weighted by Gasteiger charge is -2.33. The third kappa shape index (κ3) is 7.51.